The Kier molecular flexibility index (Phi) is 5.70. The molecule has 5 nitrogen and oxygen atoms in total. The van der Waals surface area contributed by atoms with Gasteiger partial charge in [0, 0.05) is 11.3 Å². The highest BCUT2D eigenvalue weighted by Gasteiger charge is 2.19. The van der Waals surface area contributed by atoms with Gasteiger partial charge in [-0.3, -0.25) is 9.59 Å². The topological polar surface area (TPSA) is 72.5 Å². The number of carbonyl (C=O) groups excluding carboxylic acids is 3. The Bertz CT molecular complexity index is 826. The first kappa shape index (κ1) is 18.4. The van der Waals surface area contributed by atoms with Crippen molar-refractivity contribution in [2.75, 3.05) is 5.32 Å². The number of hydrogen-bond acceptors (Lipinski definition) is 4. The normalized spacial score (nSPS) is 11.5. The molecule has 0 saturated carbocycles. The van der Waals surface area contributed by atoms with E-state index in [1.165, 1.54) is 13.8 Å². The van der Waals surface area contributed by atoms with Crippen LogP contribution in [0.4, 0.5) is 5.69 Å². The first-order valence-electron chi connectivity index (χ1n) is 7.98. The van der Waals surface area contributed by atoms with Crippen LogP contribution in [-0.2, 0) is 9.53 Å². The molecule has 0 saturated heterocycles. The highest BCUT2D eigenvalue weighted by molar-refractivity contribution is 5.99. The average Bonchev–Trinajstić information content (AvgIpc) is 2.57. The van der Waals surface area contributed by atoms with Crippen molar-refractivity contribution in [2.45, 2.75) is 33.8 Å². The summed E-state index contributed by atoms with van der Waals surface area (Å²) in [6.45, 7) is 6.82. The molecule has 0 aliphatic rings. The number of Topliss-reactive ketones (excluding diaryl/α,β-unsaturated/α-hetero) is 1. The van der Waals surface area contributed by atoms with Crippen molar-refractivity contribution in [2.24, 2.45) is 0 Å². The molecule has 0 radical (unpaired) electrons. The number of hydrogen-bond donors (Lipinski definition) is 1. The molecule has 2 aromatic carbocycles. The maximum absolute atomic E-state index is 12.2. The summed E-state index contributed by atoms with van der Waals surface area (Å²) in [4.78, 5) is 35.8. The molecule has 0 bridgehead atoms. The van der Waals surface area contributed by atoms with Crippen molar-refractivity contribution in [3.8, 4) is 0 Å². The number of carbonyl (C=O) groups is 3. The number of rotatable bonds is 5. The molecule has 2 rings (SSSR count). The third-order valence-electron chi connectivity index (χ3n) is 3.93. The van der Waals surface area contributed by atoms with E-state index >= 15 is 0 Å². The SMILES string of the molecule is CC(=O)c1cccc(NC(=O)[C@@H](C)OC(=O)c2ccc(C)c(C)c2)c1. The van der Waals surface area contributed by atoms with Crippen LogP contribution in [0, 0.1) is 13.8 Å². The number of anilines is 1. The molecule has 0 aliphatic heterocycles. The molecule has 1 amide bonds. The van der Waals surface area contributed by atoms with E-state index in [1.807, 2.05) is 19.9 Å². The molecule has 0 aliphatic carbocycles. The van der Waals surface area contributed by atoms with Gasteiger partial charge in [0.1, 0.15) is 0 Å². The zero-order valence-electron chi connectivity index (χ0n) is 14.8. The number of benzene rings is 2. The van der Waals surface area contributed by atoms with E-state index in [4.69, 9.17) is 4.74 Å². The summed E-state index contributed by atoms with van der Waals surface area (Å²) in [6, 6.07) is 11.8. The van der Waals surface area contributed by atoms with Crippen LogP contribution in [0.15, 0.2) is 42.5 Å². The van der Waals surface area contributed by atoms with Crippen LogP contribution in [0.1, 0.15) is 45.7 Å². The standard InChI is InChI=1S/C20H21NO4/c1-12-8-9-17(10-13(12)2)20(24)25-15(4)19(23)21-18-7-5-6-16(11-18)14(3)22/h5-11,15H,1-4H3,(H,21,23)/t15-/m1/s1. The highest BCUT2D eigenvalue weighted by Crippen LogP contribution is 2.14. The van der Waals surface area contributed by atoms with E-state index in [9.17, 15) is 14.4 Å². The quantitative estimate of drug-likeness (QED) is 0.666. The minimum atomic E-state index is -0.963. The second-order valence-electron chi connectivity index (χ2n) is 5.97. The highest BCUT2D eigenvalue weighted by atomic mass is 16.5. The van der Waals surface area contributed by atoms with E-state index in [2.05, 4.69) is 5.32 Å². The van der Waals surface area contributed by atoms with Crippen molar-refractivity contribution in [3.63, 3.8) is 0 Å². The van der Waals surface area contributed by atoms with Gasteiger partial charge in [-0.2, -0.15) is 0 Å². The lowest BCUT2D eigenvalue weighted by molar-refractivity contribution is -0.123. The Morgan fingerprint density at radius 1 is 0.960 bits per heavy atom. The fraction of sp³-hybridized carbons (Fsp3) is 0.250. The maximum Gasteiger partial charge on any atom is 0.338 e. The summed E-state index contributed by atoms with van der Waals surface area (Å²) in [7, 11) is 0. The Morgan fingerprint density at radius 3 is 2.32 bits per heavy atom. The zero-order chi connectivity index (χ0) is 18.6. The van der Waals surface area contributed by atoms with Crippen LogP contribution in [0.2, 0.25) is 0 Å². The number of aryl methyl sites for hydroxylation is 2. The second-order valence-corrected chi connectivity index (χ2v) is 5.97. The number of esters is 1. The summed E-state index contributed by atoms with van der Waals surface area (Å²) in [5, 5.41) is 2.65. The van der Waals surface area contributed by atoms with Gasteiger partial charge in [-0.15, -0.1) is 0 Å². The summed E-state index contributed by atoms with van der Waals surface area (Å²) >= 11 is 0. The van der Waals surface area contributed by atoms with Gasteiger partial charge in [0.15, 0.2) is 11.9 Å². The van der Waals surface area contributed by atoms with Crippen LogP contribution in [0.3, 0.4) is 0 Å². The van der Waals surface area contributed by atoms with Crippen LogP contribution in [-0.4, -0.2) is 23.8 Å². The Labute approximate surface area is 147 Å². The fourth-order valence-electron chi connectivity index (χ4n) is 2.21. The van der Waals surface area contributed by atoms with Crippen LogP contribution in [0.25, 0.3) is 0 Å². The summed E-state index contributed by atoms with van der Waals surface area (Å²) in [6.07, 6.45) is -0.963. The van der Waals surface area contributed by atoms with Gasteiger partial charge in [-0.1, -0.05) is 18.2 Å². The number of ketones is 1. The molecule has 0 spiro atoms. The molecule has 130 valence electrons. The molecule has 0 aromatic heterocycles. The summed E-state index contributed by atoms with van der Waals surface area (Å²) in [5.74, 6) is -1.11. The van der Waals surface area contributed by atoms with Gasteiger partial charge < -0.3 is 10.1 Å². The Hall–Kier alpha value is -2.95. The summed E-state index contributed by atoms with van der Waals surface area (Å²) in [5.41, 5.74) is 3.44. The first-order valence-corrected chi connectivity index (χ1v) is 7.98. The minimum Gasteiger partial charge on any atom is -0.449 e. The van der Waals surface area contributed by atoms with E-state index in [0.717, 1.165) is 11.1 Å². The molecule has 2 aromatic rings. The van der Waals surface area contributed by atoms with Crippen molar-refractivity contribution in [3.05, 3.63) is 64.7 Å². The van der Waals surface area contributed by atoms with Gasteiger partial charge in [0.2, 0.25) is 0 Å². The largest absolute Gasteiger partial charge is 0.449 e. The van der Waals surface area contributed by atoms with E-state index in [-0.39, 0.29) is 5.78 Å². The first-order chi connectivity index (χ1) is 11.8. The summed E-state index contributed by atoms with van der Waals surface area (Å²) < 4.78 is 5.23. The molecule has 0 heterocycles. The van der Waals surface area contributed by atoms with Crippen LogP contribution in [0.5, 0.6) is 0 Å². The Balaban J connectivity index is 2.02. The monoisotopic (exact) mass is 339 g/mol. The zero-order valence-corrected chi connectivity index (χ0v) is 14.8. The molecule has 0 fully saturated rings. The van der Waals surface area contributed by atoms with E-state index < -0.39 is 18.0 Å². The van der Waals surface area contributed by atoms with Crippen molar-refractivity contribution in [1.82, 2.24) is 0 Å². The molecule has 1 N–H and O–H groups in total. The predicted molar refractivity (Wildman–Crippen MR) is 95.9 cm³/mol. The second kappa shape index (κ2) is 7.75. The van der Waals surface area contributed by atoms with Crippen molar-refractivity contribution in [1.29, 1.82) is 0 Å². The number of ether oxygens (including phenoxy) is 1. The van der Waals surface area contributed by atoms with Gasteiger partial charge in [0.25, 0.3) is 5.91 Å². The molecule has 5 heteroatoms. The molecular weight excluding hydrogens is 318 g/mol. The molecule has 1 atom stereocenters. The third-order valence-corrected chi connectivity index (χ3v) is 3.93. The maximum atomic E-state index is 12.2. The van der Waals surface area contributed by atoms with Crippen LogP contribution >= 0.6 is 0 Å². The van der Waals surface area contributed by atoms with Gasteiger partial charge >= 0.3 is 5.97 Å². The molecule has 0 unspecified atom stereocenters. The fourth-order valence-corrected chi connectivity index (χ4v) is 2.21. The lowest BCUT2D eigenvalue weighted by Crippen LogP contribution is -2.30. The van der Waals surface area contributed by atoms with E-state index in [0.29, 0.717) is 16.8 Å². The lowest BCUT2D eigenvalue weighted by atomic mass is 10.1. The molecular formula is C20H21NO4. The average molecular weight is 339 g/mol. The van der Waals surface area contributed by atoms with Gasteiger partial charge in [-0.25, -0.2) is 4.79 Å². The smallest absolute Gasteiger partial charge is 0.338 e. The van der Waals surface area contributed by atoms with Crippen molar-refractivity contribution >= 4 is 23.3 Å². The van der Waals surface area contributed by atoms with Gasteiger partial charge in [0.05, 0.1) is 5.56 Å². The number of nitrogens with one attached hydrogen (secondary N) is 1. The predicted octanol–water partition coefficient (Wildman–Crippen LogP) is 3.69. The third kappa shape index (κ3) is 4.76. The van der Waals surface area contributed by atoms with E-state index in [1.54, 1.807) is 36.4 Å². The molecule has 25 heavy (non-hydrogen) atoms. The minimum absolute atomic E-state index is 0.0923. The van der Waals surface area contributed by atoms with Crippen molar-refractivity contribution < 1.29 is 19.1 Å². The number of amides is 1. The Morgan fingerprint density at radius 2 is 1.68 bits per heavy atom. The lowest BCUT2D eigenvalue weighted by Gasteiger charge is -2.14. The van der Waals surface area contributed by atoms with Gasteiger partial charge in [-0.05, 0) is 63.1 Å². The van der Waals surface area contributed by atoms with Crippen LogP contribution < -0.4 is 5.32 Å².